The van der Waals surface area contributed by atoms with E-state index in [1.165, 1.54) is 44.1 Å². The molecule has 3 atom stereocenters. The molecule has 1 fully saturated rings. The van der Waals surface area contributed by atoms with Crippen molar-refractivity contribution >= 4 is 5.82 Å². The molecule has 21 heavy (non-hydrogen) atoms. The number of nitrogens with zero attached hydrogens (tertiary/aromatic N) is 1. The lowest BCUT2D eigenvalue weighted by atomic mass is 9.75. The Morgan fingerprint density at radius 2 is 2.24 bits per heavy atom. The van der Waals surface area contributed by atoms with Crippen molar-refractivity contribution in [2.45, 2.75) is 64.8 Å². The Morgan fingerprint density at radius 3 is 2.95 bits per heavy atom. The number of pyridine rings is 1. The molecule has 118 valence electrons. The van der Waals surface area contributed by atoms with E-state index in [9.17, 15) is 0 Å². The highest BCUT2D eigenvalue weighted by molar-refractivity contribution is 5.32. The van der Waals surface area contributed by atoms with Crippen molar-refractivity contribution < 1.29 is 0 Å². The Balaban J connectivity index is 2.02. The summed E-state index contributed by atoms with van der Waals surface area (Å²) in [5.74, 6) is 2.37. The van der Waals surface area contributed by atoms with Crippen LogP contribution in [-0.4, -0.2) is 17.6 Å². The molecule has 1 aromatic rings. The highest BCUT2D eigenvalue weighted by atomic mass is 14.9. The molecule has 0 aliphatic heterocycles. The molecule has 1 aliphatic carbocycles. The SMILES string of the molecule is CCCNC(Cc1ccnc(N)c1)C1CCCC(CC)C1. The minimum absolute atomic E-state index is 0.584. The maximum Gasteiger partial charge on any atom is 0.123 e. The van der Waals surface area contributed by atoms with Gasteiger partial charge in [0, 0.05) is 12.2 Å². The van der Waals surface area contributed by atoms with Crippen LogP contribution in [0.1, 0.15) is 57.9 Å². The average molecular weight is 289 g/mol. The van der Waals surface area contributed by atoms with E-state index >= 15 is 0 Å². The average Bonchev–Trinajstić information content (AvgIpc) is 2.51. The van der Waals surface area contributed by atoms with Crippen LogP contribution in [0.25, 0.3) is 0 Å². The summed E-state index contributed by atoms with van der Waals surface area (Å²) in [4.78, 5) is 4.10. The first-order chi connectivity index (χ1) is 10.2. The van der Waals surface area contributed by atoms with Gasteiger partial charge >= 0.3 is 0 Å². The maximum absolute atomic E-state index is 5.82. The number of anilines is 1. The van der Waals surface area contributed by atoms with Gasteiger partial charge in [-0.3, -0.25) is 0 Å². The van der Waals surface area contributed by atoms with Gasteiger partial charge in [-0.2, -0.15) is 0 Å². The van der Waals surface area contributed by atoms with Gasteiger partial charge < -0.3 is 11.1 Å². The van der Waals surface area contributed by atoms with Crippen molar-refractivity contribution in [1.29, 1.82) is 0 Å². The standard InChI is InChI=1S/C18H31N3/c1-3-9-20-17(12-15-8-10-21-18(19)13-15)16-7-5-6-14(4-2)11-16/h8,10,13-14,16-17,20H,3-7,9,11-12H2,1-2H3,(H2,19,21). The summed E-state index contributed by atoms with van der Waals surface area (Å²) in [5, 5.41) is 3.79. The van der Waals surface area contributed by atoms with E-state index in [0.717, 1.165) is 24.8 Å². The third-order valence-corrected chi connectivity index (χ3v) is 4.93. The predicted octanol–water partition coefficient (Wildman–Crippen LogP) is 3.79. The van der Waals surface area contributed by atoms with Crippen molar-refractivity contribution in [3.05, 3.63) is 23.9 Å². The Hall–Kier alpha value is -1.09. The number of nitrogens with two attached hydrogens (primary N) is 1. The first-order valence-electron chi connectivity index (χ1n) is 8.66. The molecular weight excluding hydrogens is 258 g/mol. The smallest absolute Gasteiger partial charge is 0.123 e. The zero-order valence-electron chi connectivity index (χ0n) is 13.6. The summed E-state index contributed by atoms with van der Waals surface area (Å²) in [7, 11) is 0. The number of hydrogen-bond donors (Lipinski definition) is 2. The molecule has 1 heterocycles. The molecule has 0 spiro atoms. The highest BCUT2D eigenvalue weighted by Crippen LogP contribution is 2.33. The van der Waals surface area contributed by atoms with Crippen LogP contribution in [-0.2, 0) is 6.42 Å². The molecule has 3 N–H and O–H groups in total. The fourth-order valence-electron chi connectivity index (χ4n) is 3.68. The van der Waals surface area contributed by atoms with Gasteiger partial charge in [-0.05, 0) is 61.8 Å². The Labute approximate surface area is 129 Å². The predicted molar refractivity (Wildman–Crippen MR) is 90.2 cm³/mol. The van der Waals surface area contributed by atoms with Crippen LogP contribution in [0.4, 0.5) is 5.82 Å². The van der Waals surface area contributed by atoms with Crippen LogP contribution in [0.15, 0.2) is 18.3 Å². The molecule has 1 saturated carbocycles. The maximum atomic E-state index is 5.82. The second kappa shape index (κ2) is 8.38. The first-order valence-corrected chi connectivity index (χ1v) is 8.66. The van der Waals surface area contributed by atoms with Crippen molar-refractivity contribution in [2.24, 2.45) is 11.8 Å². The summed E-state index contributed by atoms with van der Waals surface area (Å²) >= 11 is 0. The summed E-state index contributed by atoms with van der Waals surface area (Å²) < 4.78 is 0. The summed E-state index contributed by atoms with van der Waals surface area (Å²) in [6, 6.07) is 4.72. The van der Waals surface area contributed by atoms with E-state index in [1.54, 1.807) is 0 Å². The molecule has 0 bridgehead atoms. The zero-order chi connectivity index (χ0) is 15.1. The molecule has 3 heteroatoms. The van der Waals surface area contributed by atoms with Crippen LogP contribution < -0.4 is 11.1 Å². The van der Waals surface area contributed by atoms with E-state index in [4.69, 9.17) is 5.73 Å². The van der Waals surface area contributed by atoms with Crippen molar-refractivity contribution in [2.75, 3.05) is 12.3 Å². The summed E-state index contributed by atoms with van der Waals surface area (Å²) in [6.07, 6.45) is 11.0. The van der Waals surface area contributed by atoms with E-state index in [1.807, 2.05) is 12.3 Å². The second-order valence-electron chi connectivity index (χ2n) is 6.55. The molecule has 1 aromatic heterocycles. The lowest BCUT2D eigenvalue weighted by Gasteiger charge is -2.35. The minimum atomic E-state index is 0.584. The number of aromatic nitrogens is 1. The van der Waals surface area contributed by atoms with Gasteiger partial charge in [0.15, 0.2) is 0 Å². The lowest BCUT2D eigenvalue weighted by Crippen LogP contribution is -2.40. The fraction of sp³-hybridized carbons (Fsp3) is 0.722. The number of hydrogen-bond acceptors (Lipinski definition) is 3. The molecule has 2 rings (SSSR count). The fourth-order valence-corrected chi connectivity index (χ4v) is 3.68. The number of nitrogen functional groups attached to an aromatic ring is 1. The third kappa shape index (κ3) is 4.99. The van der Waals surface area contributed by atoms with Gasteiger partial charge in [-0.1, -0.05) is 33.1 Å². The molecule has 1 aliphatic rings. The van der Waals surface area contributed by atoms with Crippen molar-refractivity contribution in [3.63, 3.8) is 0 Å². The first kappa shape index (κ1) is 16.3. The van der Waals surface area contributed by atoms with Gasteiger partial charge in [0.25, 0.3) is 0 Å². The van der Waals surface area contributed by atoms with Crippen LogP contribution >= 0.6 is 0 Å². The summed E-state index contributed by atoms with van der Waals surface area (Å²) in [6.45, 7) is 5.69. The van der Waals surface area contributed by atoms with Crippen LogP contribution in [0, 0.1) is 11.8 Å². The Kier molecular flexibility index (Phi) is 6.50. The number of rotatable bonds is 7. The largest absolute Gasteiger partial charge is 0.384 e. The van der Waals surface area contributed by atoms with E-state index in [2.05, 4.69) is 30.2 Å². The molecule has 0 radical (unpaired) electrons. The molecule has 0 aromatic carbocycles. The van der Waals surface area contributed by atoms with Crippen LogP contribution in [0.3, 0.4) is 0 Å². The monoisotopic (exact) mass is 289 g/mol. The molecule has 0 amide bonds. The topological polar surface area (TPSA) is 50.9 Å². The van der Waals surface area contributed by atoms with Crippen molar-refractivity contribution in [3.8, 4) is 0 Å². The van der Waals surface area contributed by atoms with E-state index in [-0.39, 0.29) is 0 Å². The zero-order valence-corrected chi connectivity index (χ0v) is 13.6. The summed E-state index contributed by atoms with van der Waals surface area (Å²) in [5.41, 5.74) is 7.14. The minimum Gasteiger partial charge on any atom is -0.384 e. The highest BCUT2D eigenvalue weighted by Gasteiger charge is 2.27. The number of nitrogens with one attached hydrogen (secondary N) is 1. The quantitative estimate of drug-likeness (QED) is 0.803. The van der Waals surface area contributed by atoms with Gasteiger partial charge in [0.05, 0.1) is 0 Å². The normalized spacial score (nSPS) is 23.9. The molecule has 3 unspecified atom stereocenters. The molecule has 3 nitrogen and oxygen atoms in total. The van der Waals surface area contributed by atoms with Gasteiger partial charge in [0.1, 0.15) is 5.82 Å². The van der Waals surface area contributed by atoms with Gasteiger partial charge in [-0.15, -0.1) is 0 Å². The van der Waals surface area contributed by atoms with Crippen molar-refractivity contribution in [1.82, 2.24) is 10.3 Å². The molecule has 0 saturated heterocycles. The van der Waals surface area contributed by atoms with E-state index in [0.29, 0.717) is 11.9 Å². The van der Waals surface area contributed by atoms with Gasteiger partial charge in [0.2, 0.25) is 0 Å². The third-order valence-electron chi connectivity index (χ3n) is 4.93. The van der Waals surface area contributed by atoms with E-state index < -0.39 is 0 Å². The second-order valence-corrected chi connectivity index (χ2v) is 6.55. The van der Waals surface area contributed by atoms with Crippen LogP contribution in [0.5, 0.6) is 0 Å². The Morgan fingerprint density at radius 1 is 1.38 bits per heavy atom. The molecular formula is C18H31N3. The Bertz CT molecular complexity index is 419. The van der Waals surface area contributed by atoms with Gasteiger partial charge in [-0.25, -0.2) is 4.98 Å². The van der Waals surface area contributed by atoms with Crippen LogP contribution in [0.2, 0.25) is 0 Å². The lowest BCUT2D eigenvalue weighted by molar-refractivity contribution is 0.207.